The fourth-order valence-corrected chi connectivity index (χ4v) is 0.734. The summed E-state index contributed by atoms with van der Waals surface area (Å²) in [6, 6.07) is 9.45. The predicted octanol–water partition coefficient (Wildman–Crippen LogP) is 2.80. The van der Waals surface area contributed by atoms with Gasteiger partial charge in [-0.25, -0.2) is 0 Å². The number of hydrogen-bond donors (Lipinski definition) is 3. The summed E-state index contributed by atoms with van der Waals surface area (Å²) in [5.74, 6) is 0.799. The van der Waals surface area contributed by atoms with Gasteiger partial charge in [0.15, 0.2) is 0 Å². The zero-order chi connectivity index (χ0) is 20.5. The van der Waals surface area contributed by atoms with E-state index in [1.807, 2.05) is 44.2 Å². The number of aliphatic hydroxyl groups excluding tert-OH is 3. The number of rotatable bonds is 4. The van der Waals surface area contributed by atoms with Crippen LogP contribution in [0.3, 0.4) is 0 Å². The molecule has 25 heavy (non-hydrogen) atoms. The molecule has 0 aliphatic heterocycles. The molecule has 0 aliphatic carbocycles. The van der Waals surface area contributed by atoms with Crippen LogP contribution < -0.4 is 4.74 Å². The third-order valence-electron chi connectivity index (χ3n) is 1.33. The van der Waals surface area contributed by atoms with Gasteiger partial charge in [0.2, 0.25) is 0 Å². The van der Waals surface area contributed by atoms with Gasteiger partial charge in [-0.3, -0.25) is 0 Å². The van der Waals surface area contributed by atoms with E-state index in [1.165, 1.54) is 0 Å². The molecule has 0 fully saturated rings. The predicted molar refractivity (Wildman–Crippen MR) is 110 cm³/mol. The van der Waals surface area contributed by atoms with Crippen molar-refractivity contribution in [3.63, 3.8) is 0 Å². The summed E-state index contributed by atoms with van der Waals surface area (Å²) in [4.78, 5) is 0. The van der Waals surface area contributed by atoms with Crippen molar-refractivity contribution in [1.82, 2.24) is 0 Å². The molecule has 1 rings (SSSR count). The summed E-state index contributed by atoms with van der Waals surface area (Å²) in [6.45, 7) is 12.3. The number of para-hydroxylation sites is 1. The Kier molecular flexibility index (Phi) is 38.5. The number of aliphatic hydroxyl groups is 3. The molecule has 0 saturated heterocycles. The molecule has 0 amide bonds. The normalized spacial score (nSPS) is 9.20. The summed E-state index contributed by atoms with van der Waals surface area (Å²) in [5.41, 5.74) is 0. The molecule has 0 spiro atoms. The Hall–Kier alpha value is -1.31. The highest BCUT2D eigenvalue weighted by Crippen LogP contribution is 2.07. The van der Waals surface area contributed by atoms with E-state index in [1.54, 1.807) is 31.6 Å². The second kappa shape index (κ2) is 30.6. The maximum absolute atomic E-state index is 9.56. The topological polar surface area (TPSA) is 93.0 Å². The molecular formula is C19H36O5S. The smallest absolute Gasteiger partial charge is 0.119 e. The minimum atomic E-state index is -0.611. The van der Waals surface area contributed by atoms with Crippen LogP contribution in [0.2, 0.25) is 0 Å². The Labute approximate surface area is 156 Å². The molecule has 148 valence electrons. The van der Waals surface area contributed by atoms with E-state index in [0.29, 0.717) is 6.61 Å². The van der Waals surface area contributed by atoms with Gasteiger partial charge in [0.05, 0.1) is 31.8 Å². The van der Waals surface area contributed by atoms with Crippen molar-refractivity contribution in [2.75, 3.05) is 32.3 Å². The quantitative estimate of drug-likeness (QED) is 0.555. The van der Waals surface area contributed by atoms with Crippen molar-refractivity contribution in [2.45, 2.75) is 26.9 Å². The third-order valence-corrected chi connectivity index (χ3v) is 1.33. The second-order valence-electron chi connectivity index (χ2n) is 4.48. The van der Waals surface area contributed by atoms with Crippen LogP contribution in [0.5, 0.6) is 5.75 Å². The van der Waals surface area contributed by atoms with Gasteiger partial charge in [-0.2, -0.15) is 0 Å². The molecule has 6 heteroatoms. The van der Waals surface area contributed by atoms with E-state index in [2.05, 4.69) is 13.2 Å². The van der Waals surface area contributed by atoms with Gasteiger partial charge < -0.3 is 24.6 Å². The van der Waals surface area contributed by atoms with E-state index in [9.17, 15) is 4.55 Å². The van der Waals surface area contributed by atoms with Crippen molar-refractivity contribution < 1.29 is 24.6 Å². The lowest BCUT2D eigenvalue weighted by atomic mass is 10.3. The van der Waals surface area contributed by atoms with E-state index >= 15 is 0 Å². The average Bonchev–Trinajstić information content (AvgIpc) is 2.55. The lowest BCUT2D eigenvalue weighted by molar-refractivity contribution is 0.123. The Morgan fingerprint density at radius 2 is 1.40 bits per heavy atom. The van der Waals surface area contributed by atoms with Crippen molar-refractivity contribution >= 4 is 11.2 Å². The summed E-state index contributed by atoms with van der Waals surface area (Å²) in [7, 11) is 0. The van der Waals surface area contributed by atoms with Crippen LogP contribution in [-0.4, -0.2) is 58.3 Å². The van der Waals surface area contributed by atoms with Gasteiger partial charge in [0, 0.05) is 0 Å². The van der Waals surface area contributed by atoms with Crippen LogP contribution >= 0.6 is 0 Å². The summed E-state index contributed by atoms with van der Waals surface area (Å²) < 4.78 is 14.8. The highest BCUT2D eigenvalue weighted by Gasteiger charge is 1.95. The molecule has 0 saturated carbocycles. The van der Waals surface area contributed by atoms with Crippen molar-refractivity contribution in [3.8, 4) is 5.75 Å². The Morgan fingerprint density at radius 1 is 1.08 bits per heavy atom. The first-order valence-corrected chi connectivity index (χ1v) is 9.70. The highest BCUT2D eigenvalue weighted by atomic mass is 32.2. The number of hydrogen-bond acceptors (Lipinski definition) is 5. The molecule has 1 aromatic rings. The zero-order valence-electron chi connectivity index (χ0n) is 16.2. The molecule has 5 nitrogen and oxygen atoms in total. The van der Waals surface area contributed by atoms with Crippen molar-refractivity contribution in [3.05, 3.63) is 55.6 Å². The lowest BCUT2D eigenvalue weighted by Crippen LogP contribution is -2.12. The van der Waals surface area contributed by atoms with Crippen LogP contribution in [0.15, 0.2) is 55.6 Å². The second-order valence-corrected chi connectivity index (χ2v) is 5.96. The van der Waals surface area contributed by atoms with Crippen LogP contribution in [0, 0.1) is 0 Å². The Bertz CT molecular complexity index is 332. The first-order valence-electron chi connectivity index (χ1n) is 7.73. The van der Waals surface area contributed by atoms with Gasteiger partial charge in [-0.05, 0) is 32.9 Å². The monoisotopic (exact) mass is 376 g/mol. The first kappa shape index (κ1) is 31.5. The summed E-state index contributed by atoms with van der Waals surface area (Å²) in [6.07, 6.45) is 6.37. The lowest BCUT2D eigenvalue weighted by Gasteiger charge is -2.06. The van der Waals surface area contributed by atoms with Gasteiger partial charge in [0.25, 0.3) is 0 Å². The van der Waals surface area contributed by atoms with E-state index in [4.69, 9.17) is 20.1 Å². The van der Waals surface area contributed by atoms with Gasteiger partial charge in [-0.15, -0.1) is 13.2 Å². The molecule has 1 atom stereocenters. The molecule has 1 unspecified atom stereocenters. The maximum atomic E-state index is 9.56. The van der Waals surface area contributed by atoms with Crippen molar-refractivity contribution in [2.24, 2.45) is 0 Å². The van der Waals surface area contributed by atoms with Gasteiger partial charge in [0.1, 0.15) is 12.4 Å². The van der Waals surface area contributed by atoms with Crippen LogP contribution in [-0.2, 0) is 11.2 Å². The molecule has 0 bridgehead atoms. The Morgan fingerprint density at radius 3 is 1.64 bits per heavy atom. The van der Waals surface area contributed by atoms with Gasteiger partial charge in [-0.1, -0.05) is 41.5 Å². The van der Waals surface area contributed by atoms with Crippen LogP contribution in [0.25, 0.3) is 0 Å². The van der Waals surface area contributed by atoms with Crippen LogP contribution in [0.4, 0.5) is 0 Å². The minimum Gasteiger partial charge on any atom is -0.617 e. The standard InChI is InChI=1S/C9H12O2.2C3H6.C2H6O2.C2H6OS/c1-8(10)7-11-9-5-3-2-4-6-9;2*1-3-2;3-1-2-4;1-4(2)3/h2-6,8,10H,7H2,1H3;2*3H,1H2,2H3;3-4H,1-2H2;1-2H3. The van der Waals surface area contributed by atoms with Crippen molar-refractivity contribution in [1.29, 1.82) is 0 Å². The molecule has 1 aromatic carbocycles. The van der Waals surface area contributed by atoms with Gasteiger partial charge >= 0.3 is 0 Å². The van der Waals surface area contributed by atoms with Crippen LogP contribution in [0.1, 0.15) is 20.8 Å². The highest BCUT2D eigenvalue weighted by molar-refractivity contribution is 7.89. The fraction of sp³-hybridized carbons (Fsp3) is 0.474. The zero-order valence-corrected chi connectivity index (χ0v) is 17.0. The first-order chi connectivity index (χ1) is 11.8. The van der Waals surface area contributed by atoms with E-state index in [-0.39, 0.29) is 13.2 Å². The largest absolute Gasteiger partial charge is 0.617 e. The Balaban J connectivity index is -0.000000132. The molecular weight excluding hydrogens is 340 g/mol. The van der Waals surface area contributed by atoms with E-state index < -0.39 is 17.3 Å². The molecule has 3 N–H and O–H groups in total. The number of benzene rings is 1. The minimum absolute atomic E-state index is 0.125. The number of ether oxygens (including phenoxy) is 1. The molecule has 0 heterocycles. The summed E-state index contributed by atoms with van der Waals surface area (Å²) in [5, 5.41) is 24.1. The third kappa shape index (κ3) is 60.3. The average molecular weight is 377 g/mol. The SMILES string of the molecule is C=CC.C=CC.CC(O)COc1ccccc1.C[S+](C)[O-].OCCO. The number of allylic oxidation sites excluding steroid dienone is 2. The summed E-state index contributed by atoms with van der Waals surface area (Å²) >= 11 is -0.611. The molecule has 0 aliphatic rings. The molecule has 0 aromatic heterocycles. The fourth-order valence-electron chi connectivity index (χ4n) is 0.734. The van der Waals surface area contributed by atoms with E-state index in [0.717, 1.165) is 5.75 Å². The molecule has 0 radical (unpaired) electrons. The maximum Gasteiger partial charge on any atom is 0.119 e.